The molecule has 0 aromatic rings. The molecular weight excluding hydrogens is 580 g/mol. The summed E-state index contributed by atoms with van der Waals surface area (Å²) in [6, 6.07) is 0. The Balaban J connectivity index is 0.977. The molecule has 3 heterocycles. The van der Waals surface area contributed by atoms with Gasteiger partial charge in [-0.1, -0.05) is 13.8 Å². The molecule has 7 aliphatic rings. The SMILES string of the molecule is C[C@@H]1C[C@@H](O)C[C@H](O[C@H]2[C@@H](O)C[C@H](O[C@H]3CC[C@@]4(C)[C@H](CC[C@@H]5[C@@H]4CC[C@]4(C)C(C6=CC(=O)OC6)[C@@H](O)C[C@]54O)C3)O[C@@H]2C)O1. The molecule has 0 bridgehead atoms. The van der Waals surface area contributed by atoms with Crippen molar-refractivity contribution < 1.29 is 48.9 Å². The van der Waals surface area contributed by atoms with Crippen molar-refractivity contribution in [2.75, 3.05) is 6.61 Å². The molecule has 3 aliphatic heterocycles. The van der Waals surface area contributed by atoms with E-state index in [0.29, 0.717) is 37.5 Å². The summed E-state index contributed by atoms with van der Waals surface area (Å²) in [5.41, 5.74) is -0.557. The monoisotopic (exact) mass is 634 g/mol. The van der Waals surface area contributed by atoms with Crippen molar-refractivity contribution >= 4 is 5.97 Å². The molecular formula is C35H54O10. The first kappa shape index (κ1) is 32.4. The van der Waals surface area contributed by atoms with Gasteiger partial charge in [0.2, 0.25) is 0 Å². The van der Waals surface area contributed by atoms with Crippen molar-refractivity contribution in [2.24, 2.45) is 34.5 Å². The molecule has 10 nitrogen and oxygen atoms in total. The Hall–Kier alpha value is -1.11. The van der Waals surface area contributed by atoms with E-state index in [1.54, 1.807) is 0 Å². The lowest BCUT2D eigenvalue weighted by Gasteiger charge is -2.63. The van der Waals surface area contributed by atoms with Crippen LogP contribution in [0.3, 0.4) is 0 Å². The standard InChI is InChI=1S/C35H54O10/c1-18-11-22(36)14-29(42-18)45-32-19(2)43-30(15-26(32)37)44-23-7-9-33(3)21(13-23)5-6-25-24(33)8-10-34(4)31(20-12-28(39)41-17-20)27(38)16-35(25,34)40/h12,18-19,21-27,29-32,36-38,40H,5-11,13-17H2,1-4H3/t18-,19-,21-,22-,23+,24+,25-,26+,27+,29+,30+,31?,32-,33+,34-,35+/m1/s1. The fourth-order valence-corrected chi connectivity index (χ4v) is 11.4. The molecule has 0 radical (unpaired) electrons. The third-order valence-corrected chi connectivity index (χ3v) is 13.6. The molecule has 6 fully saturated rings. The maximum Gasteiger partial charge on any atom is 0.331 e. The van der Waals surface area contributed by atoms with Crippen molar-refractivity contribution in [3.05, 3.63) is 11.6 Å². The number of fused-ring (bicyclic) bond motifs is 5. The molecule has 16 atom stereocenters. The van der Waals surface area contributed by atoms with E-state index >= 15 is 0 Å². The minimum absolute atomic E-state index is 0.0423. The number of ether oxygens (including phenoxy) is 5. The number of aliphatic hydroxyl groups excluding tert-OH is 3. The van der Waals surface area contributed by atoms with Crippen LogP contribution in [0.4, 0.5) is 0 Å². The summed E-state index contributed by atoms with van der Waals surface area (Å²) in [7, 11) is 0. The van der Waals surface area contributed by atoms with Crippen LogP contribution >= 0.6 is 0 Å². The molecule has 45 heavy (non-hydrogen) atoms. The van der Waals surface area contributed by atoms with Gasteiger partial charge in [0.15, 0.2) is 12.6 Å². The quantitative estimate of drug-likeness (QED) is 0.263. The minimum Gasteiger partial charge on any atom is -0.458 e. The fourth-order valence-electron chi connectivity index (χ4n) is 11.4. The Labute approximate surface area is 266 Å². The first-order valence-electron chi connectivity index (χ1n) is 17.6. The van der Waals surface area contributed by atoms with E-state index in [1.165, 1.54) is 6.08 Å². The van der Waals surface area contributed by atoms with Gasteiger partial charge in [-0.3, -0.25) is 0 Å². The van der Waals surface area contributed by atoms with Crippen LogP contribution in [0.2, 0.25) is 0 Å². The van der Waals surface area contributed by atoms with Crippen molar-refractivity contribution in [3.63, 3.8) is 0 Å². The van der Waals surface area contributed by atoms with Crippen LogP contribution < -0.4 is 0 Å². The molecule has 4 aliphatic carbocycles. The van der Waals surface area contributed by atoms with E-state index in [-0.39, 0.29) is 48.1 Å². The summed E-state index contributed by atoms with van der Waals surface area (Å²) < 4.78 is 29.9. The zero-order valence-corrected chi connectivity index (χ0v) is 27.3. The number of carbonyl (C=O) groups is 1. The van der Waals surface area contributed by atoms with Crippen LogP contribution in [-0.2, 0) is 28.5 Å². The Bertz CT molecular complexity index is 1140. The summed E-state index contributed by atoms with van der Waals surface area (Å²) in [6.07, 6.45) is 5.80. The van der Waals surface area contributed by atoms with Gasteiger partial charge in [0.05, 0.1) is 42.2 Å². The van der Waals surface area contributed by atoms with Crippen molar-refractivity contribution in [3.8, 4) is 0 Å². The van der Waals surface area contributed by atoms with Crippen LogP contribution in [0.15, 0.2) is 11.6 Å². The summed E-state index contributed by atoms with van der Waals surface area (Å²) in [6.45, 7) is 8.58. The fraction of sp³-hybridized carbons (Fsp3) is 0.914. The minimum atomic E-state index is -0.979. The van der Waals surface area contributed by atoms with Gasteiger partial charge in [-0.25, -0.2) is 4.79 Å². The summed E-state index contributed by atoms with van der Waals surface area (Å²) in [5, 5.41) is 44.9. The summed E-state index contributed by atoms with van der Waals surface area (Å²) in [4.78, 5) is 11.9. The highest BCUT2D eigenvalue weighted by molar-refractivity contribution is 5.85. The molecule has 254 valence electrons. The van der Waals surface area contributed by atoms with Gasteiger partial charge in [0, 0.05) is 36.7 Å². The maximum atomic E-state index is 12.5. The molecule has 4 N–H and O–H groups in total. The predicted molar refractivity (Wildman–Crippen MR) is 161 cm³/mol. The second kappa shape index (κ2) is 11.8. The third kappa shape index (κ3) is 5.43. The van der Waals surface area contributed by atoms with Crippen LogP contribution in [-0.4, -0.2) is 93.9 Å². The second-order valence-electron chi connectivity index (χ2n) is 16.2. The number of esters is 1. The molecule has 0 spiro atoms. The lowest BCUT2D eigenvalue weighted by molar-refractivity contribution is -0.310. The summed E-state index contributed by atoms with van der Waals surface area (Å²) in [5.74, 6) is 0.339. The van der Waals surface area contributed by atoms with E-state index in [9.17, 15) is 25.2 Å². The largest absolute Gasteiger partial charge is 0.458 e. The zero-order chi connectivity index (χ0) is 31.9. The van der Waals surface area contributed by atoms with Crippen LogP contribution in [0, 0.1) is 34.5 Å². The van der Waals surface area contributed by atoms with Crippen LogP contribution in [0.1, 0.15) is 98.3 Å². The molecule has 10 heteroatoms. The van der Waals surface area contributed by atoms with E-state index in [4.69, 9.17) is 23.7 Å². The Morgan fingerprint density at radius 2 is 1.64 bits per heavy atom. The number of rotatable bonds is 5. The van der Waals surface area contributed by atoms with Crippen molar-refractivity contribution in [1.29, 1.82) is 0 Å². The van der Waals surface area contributed by atoms with Crippen LogP contribution in [0.5, 0.6) is 0 Å². The molecule has 1 unspecified atom stereocenters. The average Bonchev–Trinajstić information content (AvgIpc) is 3.46. The van der Waals surface area contributed by atoms with E-state index < -0.39 is 48.0 Å². The molecule has 4 saturated carbocycles. The zero-order valence-electron chi connectivity index (χ0n) is 27.3. The average molecular weight is 635 g/mol. The topological polar surface area (TPSA) is 144 Å². The van der Waals surface area contributed by atoms with Crippen LogP contribution in [0.25, 0.3) is 0 Å². The second-order valence-corrected chi connectivity index (χ2v) is 16.2. The Kier molecular flexibility index (Phi) is 8.50. The highest BCUT2D eigenvalue weighted by Gasteiger charge is 2.70. The van der Waals surface area contributed by atoms with Gasteiger partial charge in [-0.2, -0.15) is 0 Å². The highest BCUT2D eigenvalue weighted by Crippen LogP contribution is 2.70. The molecule has 0 aromatic carbocycles. The lowest BCUT2D eigenvalue weighted by atomic mass is 9.43. The third-order valence-electron chi connectivity index (χ3n) is 13.6. The maximum absolute atomic E-state index is 12.5. The van der Waals surface area contributed by atoms with Gasteiger partial charge in [-0.15, -0.1) is 0 Å². The normalized spacial score (nSPS) is 54.9. The van der Waals surface area contributed by atoms with Gasteiger partial charge in [0.25, 0.3) is 0 Å². The highest BCUT2D eigenvalue weighted by atomic mass is 16.7. The first-order valence-corrected chi connectivity index (χ1v) is 17.6. The molecule has 2 saturated heterocycles. The summed E-state index contributed by atoms with van der Waals surface area (Å²) >= 11 is 0. The van der Waals surface area contributed by atoms with Gasteiger partial charge in [-0.05, 0) is 94.0 Å². The van der Waals surface area contributed by atoms with Gasteiger partial charge in [0.1, 0.15) is 12.7 Å². The number of carbonyl (C=O) groups excluding carboxylic acids is 1. The molecule has 7 rings (SSSR count). The number of cyclic esters (lactones) is 1. The van der Waals surface area contributed by atoms with Gasteiger partial charge < -0.3 is 44.1 Å². The van der Waals surface area contributed by atoms with Gasteiger partial charge >= 0.3 is 5.97 Å². The smallest absolute Gasteiger partial charge is 0.331 e. The van der Waals surface area contributed by atoms with E-state index in [2.05, 4.69) is 13.8 Å². The number of hydrogen-bond donors (Lipinski definition) is 4. The predicted octanol–water partition coefficient (Wildman–Crippen LogP) is 3.37. The van der Waals surface area contributed by atoms with E-state index in [0.717, 1.165) is 50.5 Å². The number of hydrogen-bond acceptors (Lipinski definition) is 10. The lowest BCUT2D eigenvalue weighted by Crippen LogP contribution is -2.62. The Morgan fingerprint density at radius 3 is 2.36 bits per heavy atom. The Morgan fingerprint density at radius 1 is 0.867 bits per heavy atom. The van der Waals surface area contributed by atoms with Crippen molar-refractivity contribution in [2.45, 2.75) is 159 Å². The first-order chi connectivity index (χ1) is 21.3. The molecule has 0 amide bonds. The van der Waals surface area contributed by atoms with E-state index in [1.807, 2.05) is 13.8 Å². The van der Waals surface area contributed by atoms with Crippen molar-refractivity contribution in [1.82, 2.24) is 0 Å². The number of aliphatic hydroxyl groups is 4. The molecule has 0 aromatic heterocycles.